The van der Waals surface area contributed by atoms with Crippen molar-refractivity contribution in [3.8, 4) is 11.5 Å². The smallest absolute Gasteiger partial charge is 0.338 e. The van der Waals surface area contributed by atoms with Crippen LogP contribution >= 0.6 is 0 Å². The van der Waals surface area contributed by atoms with E-state index in [1.165, 1.54) is 13.0 Å². The number of rotatable bonds is 8. The predicted octanol–water partition coefficient (Wildman–Crippen LogP) is 4.20. The molecule has 0 spiro atoms. The summed E-state index contributed by atoms with van der Waals surface area (Å²) in [5.74, 6) is 1.36. The van der Waals surface area contributed by atoms with Crippen LogP contribution in [0.4, 0.5) is 5.69 Å². The number of nitro groups is 1. The molecule has 132 valence electrons. The molecule has 1 aromatic heterocycles. The highest BCUT2D eigenvalue weighted by atomic mass is 16.6. The standard InChI is InChI=1S/C18H20N2O5/c1-5-7-14-10-13(11-16(24-6-2)18(14)23-4)8-9-15-17(20(21)22)12(3)19-25-15/h5,8-11H,1,6-7H2,2-4H3/b9-8-. The Morgan fingerprint density at radius 3 is 2.76 bits per heavy atom. The van der Waals surface area contributed by atoms with E-state index in [1.54, 1.807) is 25.3 Å². The van der Waals surface area contributed by atoms with Crippen LogP contribution in [0.15, 0.2) is 29.3 Å². The SMILES string of the molecule is C=CCc1cc(/C=C\c2onc(C)c2[N+](=O)[O-])cc(OCC)c1OC. The number of hydrogen-bond acceptors (Lipinski definition) is 6. The lowest BCUT2D eigenvalue weighted by molar-refractivity contribution is -0.386. The van der Waals surface area contributed by atoms with E-state index in [-0.39, 0.29) is 17.1 Å². The zero-order valence-electron chi connectivity index (χ0n) is 14.4. The van der Waals surface area contributed by atoms with Crippen LogP contribution in [0.5, 0.6) is 11.5 Å². The van der Waals surface area contributed by atoms with Gasteiger partial charge in [0.1, 0.15) is 0 Å². The van der Waals surface area contributed by atoms with Crippen molar-refractivity contribution in [2.24, 2.45) is 0 Å². The Bertz CT molecular complexity index is 808. The first kappa shape index (κ1) is 18.3. The van der Waals surface area contributed by atoms with Gasteiger partial charge in [0.15, 0.2) is 17.2 Å². The van der Waals surface area contributed by atoms with Gasteiger partial charge in [-0.1, -0.05) is 17.3 Å². The molecule has 0 unspecified atom stereocenters. The summed E-state index contributed by atoms with van der Waals surface area (Å²) in [5, 5.41) is 14.7. The number of aryl methyl sites for hydroxylation is 1. The minimum Gasteiger partial charge on any atom is -0.493 e. The van der Waals surface area contributed by atoms with E-state index in [1.807, 2.05) is 13.0 Å². The zero-order chi connectivity index (χ0) is 18.4. The molecule has 0 aliphatic carbocycles. The van der Waals surface area contributed by atoms with Crippen LogP contribution in [0, 0.1) is 17.0 Å². The molecule has 7 nitrogen and oxygen atoms in total. The molecular formula is C18H20N2O5. The minimum atomic E-state index is -0.506. The highest BCUT2D eigenvalue weighted by Gasteiger charge is 2.22. The fourth-order valence-corrected chi connectivity index (χ4v) is 2.47. The fraction of sp³-hybridized carbons (Fsp3) is 0.278. The second-order valence-corrected chi connectivity index (χ2v) is 5.21. The molecular weight excluding hydrogens is 324 g/mol. The monoisotopic (exact) mass is 344 g/mol. The zero-order valence-corrected chi connectivity index (χ0v) is 14.4. The van der Waals surface area contributed by atoms with Crippen LogP contribution in [0.1, 0.15) is 29.5 Å². The van der Waals surface area contributed by atoms with E-state index in [0.29, 0.717) is 24.5 Å². The van der Waals surface area contributed by atoms with E-state index >= 15 is 0 Å². The summed E-state index contributed by atoms with van der Waals surface area (Å²) in [6, 6.07) is 3.72. The number of hydrogen-bond donors (Lipinski definition) is 0. The Labute approximate surface area is 145 Å². The van der Waals surface area contributed by atoms with Crippen molar-refractivity contribution in [3.63, 3.8) is 0 Å². The molecule has 0 aliphatic rings. The summed E-state index contributed by atoms with van der Waals surface area (Å²) >= 11 is 0. The van der Waals surface area contributed by atoms with E-state index in [0.717, 1.165) is 11.1 Å². The molecule has 0 N–H and O–H groups in total. The molecule has 25 heavy (non-hydrogen) atoms. The third kappa shape index (κ3) is 4.06. The van der Waals surface area contributed by atoms with Crippen molar-refractivity contribution in [3.05, 3.63) is 57.5 Å². The fourth-order valence-electron chi connectivity index (χ4n) is 2.47. The van der Waals surface area contributed by atoms with Gasteiger partial charge in [0.2, 0.25) is 5.76 Å². The second kappa shape index (κ2) is 8.14. The van der Waals surface area contributed by atoms with Gasteiger partial charge in [0.25, 0.3) is 0 Å². The first-order chi connectivity index (χ1) is 12.0. The van der Waals surface area contributed by atoms with Crippen LogP contribution in [0.3, 0.4) is 0 Å². The molecule has 1 aromatic carbocycles. The quantitative estimate of drug-likeness (QED) is 0.405. The number of ether oxygens (including phenoxy) is 2. The molecule has 0 atom stereocenters. The van der Waals surface area contributed by atoms with E-state index in [9.17, 15) is 10.1 Å². The van der Waals surface area contributed by atoms with Crippen LogP contribution in [-0.2, 0) is 6.42 Å². The lowest BCUT2D eigenvalue weighted by atomic mass is 10.0. The number of nitrogens with zero attached hydrogens (tertiary/aromatic N) is 2. The average molecular weight is 344 g/mol. The Morgan fingerprint density at radius 2 is 2.16 bits per heavy atom. The van der Waals surface area contributed by atoms with Crippen LogP contribution in [0.25, 0.3) is 12.2 Å². The Morgan fingerprint density at radius 1 is 1.40 bits per heavy atom. The highest BCUT2D eigenvalue weighted by Crippen LogP contribution is 2.34. The summed E-state index contributed by atoms with van der Waals surface area (Å²) < 4.78 is 16.1. The first-order valence-corrected chi connectivity index (χ1v) is 7.75. The Kier molecular flexibility index (Phi) is 5.94. The van der Waals surface area contributed by atoms with Crippen molar-refractivity contribution < 1.29 is 18.9 Å². The maximum Gasteiger partial charge on any atom is 0.338 e. The number of aromatic nitrogens is 1. The van der Waals surface area contributed by atoms with E-state index in [4.69, 9.17) is 14.0 Å². The summed E-state index contributed by atoms with van der Waals surface area (Å²) in [6.07, 6.45) is 5.60. The Balaban J connectivity index is 2.45. The van der Waals surface area contributed by atoms with E-state index in [2.05, 4.69) is 11.7 Å². The van der Waals surface area contributed by atoms with Crippen molar-refractivity contribution >= 4 is 17.8 Å². The van der Waals surface area contributed by atoms with Gasteiger partial charge in [-0.3, -0.25) is 10.1 Å². The van der Waals surface area contributed by atoms with Gasteiger partial charge in [-0.2, -0.15) is 0 Å². The van der Waals surface area contributed by atoms with Gasteiger partial charge in [-0.15, -0.1) is 6.58 Å². The maximum atomic E-state index is 11.1. The number of benzene rings is 1. The van der Waals surface area contributed by atoms with Crippen molar-refractivity contribution in [1.82, 2.24) is 5.16 Å². The van der Waals surface area contributed by atoms with Gasteiger partial charge in [-0.05, 0) is 44.0 Å². The number of methoxy groups -OCH3 is 1. The van der Waals surface area contributed by atoms with Crippen molar-refractivity contribution in [2.75, 3.05) is 13.7 Å². The molecule has 0 saturated carbocycles. The predicted molar refractivity (Wildman–Crippen MR) is 94.9 cm³/mol. The molecule has 0 bridgehead atoms. The summed E-state index contributed by atoms with van der Waals surface area (Å²) in [5.41, 5.74) is 1.80. The second-order valence-electron chi connectivity index (χ2n) is 5.21. The summed E-state index contributed by atoms with van der Waals surface area (Å²) in [4.78, 5) is 10.6. The molecule has 1 heterocycles. The van der Waals surface area contributed by atoms with Gasteiger partial charge >= 0.3 is 5.69 Å². The van der Waals surface area contributed by atoms with Crippen LogP contribution in [-0.4, -0.2) is 23.8 Å². The molecule has 2 aromatic rings. The molecule has 0 fully saturated rings. The molecule has 0 radical (unpaired) electrons. The van der Waals surface area contributed by atoms with Crippen molar-refractivity contribution in [1.29, 1.82) is 0 Å². The topological polar surface area (TPSA) is 87.6 Å². The third-order valence-corrected chi connectivity index (χ3v) is 3.49. The van der Waals surface area contributed by atoms with Gasteiger partial charge in [0.05, 0.1) is 18.6 Å². The largest absolute Gasteiger partial charge is 0.493 e. The molecule has 2 rings (SSSR count). The lowest BCUT2D eigenvalue weighted by Gasteiger charge is -2.14. The molecule has 0 saturated heterocycles. The first-order valence-electron chi connectivity index (χ1n) is 7.75. The summed E-state index contributed by atoms with van der Waals surface area (Å²) in [7, 11) is 1.58. The average Bonchev–Trinajstić information content (AvgIpc) is 2.94. The third-order valence-electron chi connectivity index (χ3n) is 3.49. The van der Waals surface area contributed by atoms with Crippen molar-refractivity contribution in [2.45, 2.75) is 20.3 Å². The molecule has 0 amide bonds. The Hall–Kier alpha value is -3.09. The molecule has 7 heteroatoms. The van der Waals surface area contributed by atoms with E-state index < -0.39 is 4.92 Å². The van der Waals surface area contributed by atoms with Gasteiger partial charge < -0.3 is 14.0 Å². The normalized spacial score (nSPS) is 10.8. The minimum absolute atomic E-state index is 0.0987. The van der Waals surface area contributed by atoms with Gasteiger partial charge in [0, 0.05) is 5.56 Å². The lowest BCUT2D eigenvalue weighted by Crippen LogP contribution is -1.99. The highest BCUT2D eigenvalue weighted by molar-refractivity contribution is 5.73. The summed E-state index contributed by atoms with van der Waals surface area (Å²) in [6.45, 7) is 7.66. The van der Waals surface area contributed by atoms with Crippen LogP contribution < -0.4 is 9.47 Å². The van der Waals surface area contributed by atoms with Crippen LogP contribution in [0.2, 0.25) is 0 Å². The number of allylic oxidation sites excluding steroid dienone is 1. The van der Waals surface area contributed by atoms with Gasteiger partial charge in [-0.25, -0.2) is 0 Å². The maximum absolute atomic E-state index is 11.1. The molecule has 0 aliphatic heterocycles.